The molecule has 0 radical (unpaired) electrons. The van der Waals surface area contributed by atoms with Crippen molar-refractivity contribution in [2.24, 2.45) is 0 Å². The molecule has 0 spiro atoms. The molecule has 0 unspecified atom stereocenters. The van der Waals surface area contributed by atoms with Gasteiger partial charge in [0.2, 0.25) is 0 Å². The van der Waals surface area contributed by atoms with Crippen LogP contribution in [0.1, 0.15) is 20.3 Å². The maximum absolute atomic E-state index is 4.23. The Labute approximate surface area is 85.7 Å². The summed E-state index contributed by atoms with van der Waals surface area (Å²) in [6.07, 6.45) is 1.23. The third kappa shape index (κ3) is 3.58. The molecule has 0 aromatic heterocycles. The van der Waals surface area contributed by atoms with Crippen LogP contribution >= 0.6 is 24.4 Å². The fourth-order valence-corrected chi connectivity index (χ4v) is 2.92. The van der Waals surface area contributed by atoms with E-state index >= 15 is 0 Å². The van der Waals surface area contributed by atoms with E-state index in [1.807, 2.05) is 0 Å². The number of nitrogens with zero attached hydrogens (tertiary/aromatic N) is 1. The van der Waals surface area contributed by atoms with E-state index in [0.29, 0.717) is 4.75 Å². The molecule has 1 nitrogen and oxygen atoms in total. The maximum atomic E-state index is 4.23. The van der Waals surface area contributed by atoms with Gasteiger partial charge in [-0.15, -0.1) is 0 Å². The predicted octanol–water partition coefficient (Wildman–Crippen LogP) is 2.13. The SMILES string of the molecule is CC1(C)CN(CCCS)CCS1. The molecule has 0 saturated carbocycles. The zero-order valence-corrected chi connectivity index (χ0v) is 9.76. The molecule has 0 N–H and O–H groups in total. The summed E-state index contributed by atoms with van der Waals surface area (Å²) < 4.78 is 0.467. The Morgan fingerprint density at radius 2 is 2.25 bits per heavy atom. The molecule has 1 heterocycles. The summed E-state index contributed by atoms with van der Waals surface area (Å²) in [7, 11) is 0. The minimum absolute atomic E-state index is 0.467. The van der Waals surface area contributed by atoms with Crippen molar-refractivity contribution in [2.45, 2.75) is 25.0 Å². The van der Waals surface area contributed by atoms with Crippen molar-refractivity contribution >= 4 is 24.4 Å². The molecule has 72 valence electrons. The van der Waals surface area contributed by atoms with E-state index < -0.39 is 0 Å². The molecule has 0 atom stereocenters. The molecule has 1 saturated heterocycles. The summed E-state index contributed by atoms with van der Waals surface area (Å²) in [6.45, 7) is 8.41. The Morgan fingerprint density at radius 1 is 1.50 bits per heavy atom. The second-order valence-electron chi connectivity index (χ2n) is 3.96. The Hall–Kier alpha value is 0.660. The number of hydrogen-bond acceptors (Lipinski definition) is 3. The first-order chi connectivity index (χ1) is 5.64. The molecule has 0 aliphatic carbocycles. The predicted molar refractivity (Wildman–Crippen MR) is 61.4 cm³/mol. The van der Waals surface area contributed by atoms with Crippen molar-refractivity contribution in [3.8, 4) is 0 Å². The molecule has 1 fully saturated rings. The van der Waals surface area contributed by atoms with Gasteiger partial charge in [-0.25, -0.2) is 0 Å². The van der Waals surface area contributed by atoms with Crippen LogP contribution < -0.4 is 0 Å². The Bertz CT molecular complexity index is 136. The highest BCUT2D eigenvalue weighted by atomic mass is 32.2. The zero-order valence-electron chi connectivity index (χ0n) is 8.05. The highest BCUT2D eigenvalue weighted by molar-refractivity contribution is 8.00. The first-order valence-electron chi connectivity index (χ1n) is 4.61. The first-order valence-corrected chi connectivity index (χ1v) is 6.23. The number of thioether (sulfide) groups is 1. The Kier molecular flexibility index (Phi) is 4.27. The van der Waals surface area contributed by atoms with Crippen LogP contribution in [-0.4, -0.2) is 40.8 Å². The van der Waals surface area contributed by atoms with E-state index in [0.717, 1.165) is 5.75 Å². The van der Waals surface area contributed by atoms with Crippen LogP contribution in [-0.2, 0) is 0 Å². The molecule has 1 aliphatic rings. The van der Waals surface area contributed by atoms with Crippen molar-refractivity contribution < 1.29 is 0 Å². The smallest absolute Gasteiger partial charge is 0.0231 e. The van der Waals surface area contributed by atoms with Crippen molar-refractivity contribution in [1.82, 2.24) is 4.90 Å². The normalized spacial score (nSPS) is 24.2. The largest absolute Gasteiger partial charge is 0.301 e. The van der Waals surface area contributed by atoms with Gasteiger partial charge in [-0.2, -0.15) is 24.4 Å². The molecule has 0 bridgehead atoms. The third-order valence-corrected chi connectivity index (χ3v) is 3.75. The lowest BCUT2D eigenvalue weighted by atomic mass is 10.2. The van der Waals surface area contributed by atoms with Crippen molar-refractivity contribution in [1.29, 1.82) is 0 Å². The first kappa shape index (κ1) is 10.7. The second-order valence-corrected chi connectivity index (χ2v) is 6.21. The molecule has 12 heavy (non-hydrogen) atoms. The second kappa shape index (κ2) is 4.77. The lowest BCUT2D eigenvalue weighted by molar-refractivity contribution is 0.262. The quantitative estimate of drug-likeness (QED) is 0.703. The molecular formula is C9H19NS2. The molecule has 0 aromatic carbocycles. The molecular weight excluding hydrogens is 186 g/mol. The van der Waals surface area contributed by atoms with Crippen molar-refractivity contribution in [3.63, 3.8) is 0 Å². The highest BCUT2D eigenvalue weighted by Gasteiger charge is 2.26. The van der Waals surface area contributed by atoms with Gasteiger partial charge >= 0.3 is 0 Å². The van der Waals surface area contributed by atoms with Crippen LogP contribution in [0.4, 0.5) is 0 Å². The summed E-state index contributed by atoms with van der Waals surface area (Å²) >= 11 is 6.33. The molecule has 1 rings (SSSR count). The summed E-state index contributed by atoms with van der Waals surface area (Å²) in [5.41, 5.74) is 0. The van der Waals surface area contributed by atoms with Gasteiger partial charge in [0.05, 0.1) is 0 Å². The van der Waals surface area contributed by atoms with Gasteiger partial charge < -0.3 is 4.90 Å². The van der Waals surface area contributed by atoms with Gasteiger partial charge in [-0.1, -0.05) is 0 Å². The van der Waals surface area contributed by atoms with Crippen LogP contribution in [0.25, 0.3) is 0 Å². The molecule has 0 amide bonds. The van der Waals surface area contributed by atoms with E-state index in [4.69, 9.17) is 0 Å². The zero-order chi connectivity index (χ0) is 9.03. The maximum Gasteiger partial charge on any atom is 0.0231 e. The molecule has 1 aliphatic heterocycles. The van der Waals surface area contributed by atoms with Crippen LogP contribution in [0.15, 0.2) is 0 Å². The molecule has 3 heteroatoms. The number of thiol groups is 1. The van der Waals surface area contributed by atoms with Gasteiger partial charge in [0.1, 0.15) is 0 Å². The minimum Gasteiger partial charge on any atom is -0.301 e. The van der Waals surface area contributed by atoms with Crippen LogP contribution in [0.3, 0.4) is 0 Å². The Morgan fingerprint density at radius 3 is 2.83 bits per heavy atom. The van der Waals surface area contributed by atoms with Gasteiger partial charge in [-0.3, -0.25) is 0 Å². The fourth-order valence-electron chi connectivity index (χ4n) is 1.60. The van der Waals surface area contributed by atoms with Gasteiger partial charge in [0.15, 0.2) is 0 Å². The minimum atomic E-state index is 0.467. The van der Waals surface area contributed by atoms with E-state index in [-0.39, 0.29) is 0 Å². The average Bonchev–Trinajstić information content (AvgIpc) is 1.99. The third-order valence-electron chi connectivity index (χ3n) is 2.14. The van der Waals surface area contributed by atoms with Crippen molar-refractivity contribution in [3.05, 3.63) is 0 Å². The topological polar surface area (TPSA) is 3.24 Å². The number of hydrogen-bond donors (Lipinski definition) is 1. The molecule has 0 aromatic rings. The Balaban J connectivity index is 2.26. The van der Waals surface area contributed by atoms with Crippen LogP contribution in [0.5, 0.6) is 0 Å². The lowest BCUT2D eigenvalue weighted by Crippen LogP contribution is -2.43. The van der Waals surface area contributed by atoms with E-state index in [9.17, 15) is 0 Å². The van der Waals surface area contributed by atoms with E-state index in [2.05, 4.69) is 43.1 Å². The highest BCUT2D eigenvalue weighted by Crippen LogP contribution is 2.29. The van der Waals surface area contributed by atoms with Gasteiger partial charge in [-0.05, 0) is 32.6 Å². The monoisotopic (exact) mass is 205 g/mol. The summed E-state index contributed by atoms with van der Waals surface area (Å²) in [4.78, 5) is 2.56. The van der Waals surface area contributed by atoms with Gasteiger partial charge in [0, 0.05) is 23.6 Å². The number of rotatable bonds is 3. The summed E-state index contributed by atoms with van der Waals surface area (Å²) in [5, 5.41) is 0. The van der Waals surface area contributed by atoms with E-state index in [1.165, 1.54) is 31.8 Å². The fraction of sp³-hybridized carbons (Fsp3) is 1.00. The van der Waals surface area contributed by atoms with Crippen LogP contribution in [0.2, 0.25) is 0 Å². The summed E-state index contributed by atoms with van der Waals surface area (Å²) in [6, 6.07) is 0. The average molecular weight is 205 g/mol. The standard InChI is InChI=1S/C9H19NS2/c1-9(2)8-10(4-3-6-11)5-7-12-9/h11H,3-8H2,1-2H3. The van der Waals surface area contributed by atoms with E-state index in [1.54, 1.807) is 0 Å². The van der Waals surface area contributed by atoms with Crippen molar-refractivity contribution in [2.75, 3.05) is 31.1 Å². The lowest BCUT2D eigenvalue weighted by Gasteiger charge is -2.37. The van der Waals surface area contributed by atoms with Gasteiger partial charge in [0.25, 0.3) is 0 Å². The van der Waals surface area contributed by atoms with Crippen LogP contribution in [0, 0.1) is 0 Å². The summed E-state index contributed by atoms with van der Waals surface area (Å²) in [5.74, 6) is 2.31.